The van der Waals surface area contributed by atoms with Gasteiger partial charge in [-0.15, -0.1) is 0 Å². The SMILES string of the molecule is FC(F)(F)C(F)(F)c1noc(C(F)(F)C(F)(F)F)n1. The lowest BCUT2D eigenvalue weighted by molar-refractivity contribution is -0.298. The van der Waals surface area contributed by atoms with Gasteiger partial charge in [0.15, 0.2) is 0 Å². The fraction of sp³-hybridized carbons (Fsp3) is 0.667. The summed E-state index contributed by atoms with van der Waals surface area (Å²) in [6, 6.07) is 0. The maximum absolute atomic E-state index is 12.5. The Labute approximate surface area is 95.7 Å². The average Bonchev–Trinajstić information content (AvgIpc) is 2.62. The van der Waals surface area contributed by atoms with Crippen molar-refractivity contribution in [1.29, 1.82) is 0 Å². The number of halogens is 10. The third-order valence-corrected chi connectivity index (χ3v) is 1.69. The smallest absolute Gasteiger partial charge is 0.332 e. The van der Waals surface area contributed by atoms with Crippen molar-refractivity contribution in [2.45, 2.75) is 24.2 Å². The van der Waals surface area contributed by atoms with E-state index in [0.29, 0.717) is 0 Å². The molecule has 3 nitrogen and oxygen atoms in total. The zero-order valence-electron chi connectivity index (χ0n) is 8.08. The van der Waals surface area contributed by atoms with Crippen molar-refractivity contribution >= 4 is 0 Å². The molecule has 0 aliphatic carbocycles. The van der Waals surface area contributed by atoms with Crippen LogP contribution >= 0.6 is 0 Å². The summed E-state index contributed by atoms with van der Waals surface area (Å²) in [5.74, 6) is -17.0. The lowest BCUT2D eigenvalue weighted by Gasteiger charge is -2.16. The number of rotatable bonds is 2. The van der Waals surface area contributed by atoms with Crippen LogP contribution in [0.5, 0.6) is 0 Å². The number of aromatic nitrogens is 2. The second-order valence-corrected chi connectivity index (χ2v) is 3.07. The first-order valence-electron chi connectivity index (χ1n) is 3.95. The van der Waals surface area contributed by atoms with Gasteiger partial charge in [-0.2, -0.15) is 48.9 Å². The van der Waals surface area contributed by atoms with Crippen molar-refractivity contribution in [1.82, 2.24) is 10.1 Å². The van der Waals surface area contributed by atoms with E-state index in [1.807, 2.05) is 0 Å². The van der Waals surface area contributed by atoms with E-state index < -0.39 is 35.9 Å². The molecule has 0 aliphatic heterocycles. The Kier molecular flexibility index (Phi) is 3.23. The quantitative estimate of drug-likeness (QED) is 0.786. The molecular weight excluding hydrogens is 306 g/mol. The number of hydrogen-bond acceptors (Lipinski definition) is 3. The van der Waals surface area contributed by atoms with Crippen molar-refractivity contribution in [2.24, 2.45) is 0 Å². The molecule has 1 rings (SSSR count). The van der Waals surface area contributed by atoms with Gasteiger partial charge in [0.05, 0.1) is 0 Å². The predicted molar refractivity (Wildman–Crippen MR) is 34.2 cm³/mol. The normalized spacial score (nSPS) is 14.8. The van der Waals surface area contributed by atoms with Gasteiger partial charge in [-0.05, 0) is 0 Å². The molecule has 0 fully saturated rings. The van der Waals surface area contributed by atoms with Crippen LogP contribution in [0.4, 0.5) is 43.9 Å². The highest BCUT2D eigenvalue weighted by atomic mass is 19.4. The van der Waals surface area contributed by atoms with E-state index in [2.05, 4.69) is 4.52 Å². The molecule has 0 spiro atoms. The lowest BCUT2D eigenvalue weighted by atomic mass is 10.3. The number of nitrogens with zero attached hydrogens (tertiary/aromatic N) is 2. The summed E-state index contributed by atoms with van der Waals surface area (Å²) in [5, 5.41) is 1.80. The molecule has 0 bridgehead atoms. The predicted octanol–water partition coefficient (Wildman–Crippen LogP) is 3.38. The Balaban J connectivity index is 3.22. The van der Waals surface area contributed by atoms with Crippen LogP contribution in [-0.4, -0.2) is 22.5 Å². The molecule has 1 heterocycles. The first kappa shape index (κ1) is 15.5. The van der Waals surface area contributed by atoms with Gasteiger partial charge in [0.2, 0.25) is 0 Å². The minimum Gasteiger partial charge on any atom is -0.332 e. The van der Waals surface area contributed by atoms with E-state index >= 15 is 0 Å². The maximum Gasteiger partial charge on any atom is 0.463 e. The molecule has 1 aromatic rings. The van der Waals surface area contributed by atoms with Crippen LogP contribution in [0, 0.1) is 0 Å². The van der Waals surface area contributed by atoms with Crippen molar-refractivity contribution in [2.75, 3.05) is 0 Å². The van der Waals surface area contributed by atoms with E-state index in [1.54, 1.807) is 10.1 Å². The summed E-state index contributed by atoms with van der Waals surface area (Å²) < 4.78 is 124. The van der Waals surface area contributed by atoms with Gasteiger partial charge in [0.25, 0.3) is 5.82 Å². The number of hydrogen-bond donors (Lipinski definition) is 0. The fourth-order valence-electron chi connectivity index (χ4n) is 0.727. The van der Waals surface area contributed by atoms with Crippen LogP contribution in [0.1, 0.15) is 11.7 Å². The molecule has 1 aromatic heterocycles. The molecule has 13 heteroatoms. The van der Waals surface area contributed by atoms with Gasteiger partial charge in [-0.3, -0.25) is 0 Å². The van der Waals surface area contributed by atoms with Gasteiger partial charge in [-0.1, -0.05) is 5.16 Å². The molecule has 0 aromatic carbocycles. The Morgan fingerprint density at radius 3 is 1.47 bits per heavy atom. The average molecular weight is 306 g/mol. The van der Waals surface area contributed by atoms with E-state index in [1.165, 1.54) is 0 Å². The first-order chi connectivity index (χ1) is 8.21. The largest absolute Gasteiger partial charge is 0.463 e. The van der Waals surface area contributed by atoms with E-state index in [4.69, 9.17) is 0 Å². The zero-order chi connectivity index (χ0) is 15.3. The second-order valence-electron chi connectivity index (χ2n) is 3.07. The van der Waals surface area contributed by atoms with E-state index in [0.717, 1.165) is 0 Å². The Hall–Kier alpha value is -1.56. The molecule has 0 radical (unpaired) electrons. The highest BCUT2D eigenvalue weighted by Crippen LogP contribution is 2.46. The minimum absolute atomic E-state index is 1.77. The fourth-order valence-corrected chi connectivity index (χ4v) is 0.727. The van der Waals surface area contributed by atoms with Gasteiger partial charge in [0.1, 0.15) is 0 Å². The van der Waals surface area contributed by atoms with Crippen molar-refractivity contribution < 1.29 is 48.4 Å². The molecule has 0 unspecified atom stereocenters. The van der Waals surface area contributed by atoms with E-state index in [-0.39, 0.29) is 0 Å². The third-order valence-electron chi connectivity index (χ3n) is 1.69. The topological polar surface area (TPSA) is 38.9 Å². The van der Waals surface area contributed by atoms with Crippen LogP contribution in [0.25, 0.3) is 0 Å². The monoisotopic (exact) mass is 306 g/mol. The molecule has 0 N–H and O–H groups in total. The van der Waals surface area contributed by atoms with Crippen LogP contribution in [0.2, 0.25) is 0 Å². The Morgan fingerprint density at radius 1 is 0.684 bits per heavy atom. The third kappa shape index (κ3) is 2.45. The summed E-state index contributed by atoms with van der Waals surface area (Å²) in [6.07, 6.45) is -12.6. The van der Waals surface area contributed by atoms with Crippen molar-refractivity contribution in [3.8, 4) is 0 Å². The molecule has 0 amide bonds. The lowest BCUT2D eigenvalue weighted by Crippen LogP contribution is -2.36. The van der Waals surface area contributed by atoms with Gasteiger partial charge in [0, 0.05) is 0 Å². The van der Waals surface area contributed by atoms with Crippen LogP contribution in [0.15, 0.2) is 4.52 Å². The Morgan fingerprint density at radius 2 is 1.11 bits per heavy atom. The molecule has 0 aliphatic rings. The summed E-state index contributed by atoms with van der Waals surface area (Å²) in [5.41, 5.74) is 0. The van der Waals surface area contributed by atoms with Gasteiger partial charge < -0.3 is 4.52 Å². The van der Waals surface area contributed by atoms with Gasteiger partial charge >= 0.3 is 30.1 Å². The highest BCUT2D eigenvalue weighted by molar-refractivity contribution is 5.04. The maximum atomic E-state index is 12.5. The summed E-state index contributed by atoms with van der Waals surface area (Å²) >= 11 is 0. The first-order valence-corrected chi connectivity index (χ1v) is 3.95. The summed E-state index contributed by atoms with van der Waals surface area (Å²) in [7, 11) is 0. The standard InChI is InChI=1S/C6F10N2O/c7-3(8,5(11,12)13)1-17-2(19-18-1)4(9,10)6(14,15)16. The zero-order valence-corrected chi connectivity index (χ0v) is 8.08. The molecular formula is C6F10N2O. The molecule has 110 valence electrons. The second kappa shape index (κ2) is 3.96. The van der Waals surface area contributed by atoms with E-state index in [9.17, 15) is 43.9 Å². The molecule has 0 saturated carbocycles. The van der Waals surface area contributed by atoms with Crippen LogP contribution < -0.4 is 0 Å². The minimum atomic E-state index is -6.29. The van der Waals surface area contributed by atoms with Crippen molar-refractivity contribution in [3.63, 3.8) is 0 Å². The Bertz CT molecular complexity index is 417. The molecule has 0 saturated heterocycles. The number of alkyl halides is 10. The molecule has 0 atom stereocenters. The van der Waals surface area contributed by atoms with Crippen LogP contribution in [0.3, 0.4) is 0 Å². The van der Waals surface area contributed by atoms with Crippen LogP contribution in [-0.2, 0) is 11.8 Å². The van der Waals surface area contributed by atoms with Crippen molar-refractivity contribution in [3.05, 3.63) is 11.7 Å². The van der Waals surface area contributed by atoms with Gasteiger partial charge in [-0.25, -0.2) is 0 Å². The summed E-state index contributed by atoms with van der Waals surface area (Å²) in [4.78, 5) is 1.77. The molecule has 19 heavy (non-hydrogen) atoms. The highest BCUT2D eigenvalue weighted by Gasteiger charge is 2.66. The summed E-state index contributed by atoms with van der Waals surface area (Å²) in [6.45, 7) is 0.